The van der Waals surface area contributed by atoms with E-state index in [1.807, 2.05) is 25.3 Å². The number of hydrogen-bond donors (Lipinski definition) is 0. The third-order valence-electron chi connectivity index (χ3n) is 5.83. The van der Waals surface area contributed by atoms with Gasteiger partial charge in [0.05, 0.1) is 15.7 Å². The summed E-state index contributed by atoms with van der Waals surface area (Å²) in [5, 5.41) is 0.802. The van der Waals surface area contributed by atoms with Crippen LogP contribution in [-0.4, -0.2) is 17.3 Å². The summed E-state index contributed by atoms with van der Waals surface area (Å²) in [5.41, 5.74) is 3.00. The second-order valence-corrected chi connectivity index (χ2v) is 10.8. The van der Waals surface area contributed by atoms with Crippen LogP contribution in [0.3, 0.4) is 0 Å². The van der Waals surface area contributed by atoms with Crippen molar-refractivity contribution in [3.8, 4) is 0 Å². The first-order valence-electron chi connectivity index (χ1n) is 10.4. The third kappa shape index (κ3) is 5.63. The SMILES string of the molecule is CCC(CC(=O)c1cc(Br)sc1C)C(C)C1=CN(c2cccnc2)CCCC=C1Cl. The maximum atomic E-state index is 13.0. The lowest BCUT2D eigenvalue weighted by Gasteiger charge is -2.29. The molecular formula is C24H28BrClN2OS. The highest BCUT2D eigenvalue weighted by Gasteiger charge is 2.26. The predicted octanol–water partition coefficient (Wildman–Crippen LogP) is 7.76. The standard InChI is InChI=1S/C24H28BrClN2OS/c1-4-18(12-23(29)20-13-24(25)30-17(20)3)16(2)21-15-28(11-6-5-9-22(21)26)19-8-7-10-27-14-19/h7-10,13-16,18H,4-6,11-12H2,1-3H3. The quantitative estimate of drug-likeness (QED) is 0.359. The normalized spacial score (nSPS) is 16.9. The minimum atomic E-state index is 0.169. The molecular weight excluding hydrogens is 480 g/mol. The Bertz CT molecular complexity index is 938. The van der Waals surface area contributed by atoms with Crippen LogP contribution < -0.4 is 4.90 Å². The zero-order valence-corrected chi connectivity index (χ0v) is 20.9. The van der Waals surface area contributed by atoms with Gasteiger partial charge in [-0.3, -0.25) is 9.78 Å². The molecule has 0 aliphatic carbocycles. The summed E-state index contributed by atoms with van der Waals surface area (Å²) in [6.45, 7) is 7.28. The van der Waals surface area contributed by atoms with Crippen molar-refractivity contribution >= 4 is 50.3 Å². The summed E-state index contributed by atoms with van der Waals surface area (Å²) in [6.07, 6.45) is 11.4. The number of Topliss-reactive ketones (excluding diaryl/α,β-unsaturated/α-hetero) is 1. The molecule has 160 valence electrons. The van der Waals surface area contributed by atoms with E-state index in [1.165, 1.54) is 0 Å². The second kappa shape index (κ2) is 10.7. The molecule has 2 unspecified atom stereocenters. The maximum absolute atomic E-state index is 13.0. The molecule has 1 aliphatic rings. The van der Waals surface area contributed by atoms with E-state index in [9.17, 15) is 4.79 Å². The van der Waals surface area contributed by atoms with Crippen LogP contribution in [0.4, 0.5) is 5.69 Å². The number of aryl methyl sites for hydroxylation is 1. The van der Waals surface area contributed by atoms with E-state index in [2.05, 4.69) is 58.0 Å². The largest absolute Gasteiger partial charge is 0.346 e. The minimum Gasteiger partial charge on any atom is -0.346 e. The lowest BCUT2D eigenvalue weighted by atomic mass is 9.81. The summed E-state index contributed by atoms with van der Waals surface area (Å²) in [4.78, 5) is 20.6. The zero-order valence-electron chi connectivity index (χ0n) is 17.7. The van der Waals surface area contributed by atoms with Crippen molar-refractivity contribution in [3.63, 3.8) is 0 Å². The lowest BCUT2D eigenvalue weighted by Crippen LogP contribution is -2.24. The minimum absolute atomic E-state index is 0.169. The fourth-order valence-corrected chi connectivity index (χ4v) is 6.00. The number of carbonyl (C=O) groups excluding carboxylic acids is 1. The Kier molecular flexibility index (Phi) is 8.32. The summed E-state index contributed by atoms with van der Waals surface area (Å²) in [5.74, 6) is 0.602. The monoisotopic (exact) mass is 506 g/mol. The van der Waals surface area contributed by atoms with Gasteiger partial charge in [0.15, 0.2) is 5.78 Å². The van der Waals surface area contributed by atoms with Gasteiger partial charge in [-0.25, -0.2) is 0 Å². The molecule has 0 radical (unpaired) electrons. The summed E-state index contributed by atoms with van der Waals surface area (Å²) in [6, 6.07) is 5.98. The number of anilines is 1. The van der Waals surface area contributed by atoms with Gasteiger partial charge in [0.2, 0.25) is 0 Å². The van der Waals surface area contributed by atoms with E-state index in [1.54, 1.807) is 17.5 Å². The third-order valence-corrected chi connectivity index (χ3v) is 7.76. The number of thiophene rings is 1. The number of ketones is 1. The van der Waals surface area contributed by atoms with Gasteiger partial charge in [-0.2, -0.15) is 0 Å². The number of carbonyl (C=O) groups is 1. The van der Waals surface area contributed by atoms with Crippen molar-refractivity contribution in [3.05, 3.63) is 67.7 Å². The number of aromatic nitrogens is 1. The molecule has 0 saturated carbocycles. The van der Waals surface area contributed by atoms with Crippen LogP contribution in [0, 0.1) is 18.8 Å². The van der Waals surface area contributed by atoms with Crippen LogP contribution in [0.15, 0.2) is 57.3 Å². The van der Waals surface area contributed by atoms with E-state index < -0.39 is 0 Å². The topological polar surface area (TPSA) is 33.2 Å². The highest BCUT2D eigenvalue weighted by molar-refractivity contribution is 9.11. The van der Waals surface area contributed by atoms with Crippen molar-refractivity contribution < 1.29 is 4.79 Å². The molecule has 2 aromatic heterocycles. The Morgan fingerprint density at radius 3 is 2.87 bits per heavy atom. The average Bonchev–Trinajstić information content (AvgIpc) is 3.07. The molecule has 3 nitrogen and oxygen atoms in total. The first-order valence-corrected chi connectivity index (χ1v) is 12.4. The number of hydrogen-bond acceptors (Lipinski definition) is 4. The molecule has 0 saturated heterocycles. The van der Waals surface area contributed by atoms with Gasteiger partial charge in [0.1, 0.15) is 0 Å². The van der Waals surface area contributed by atoms with Crippen molar-refractivity contribution in [2.45, 2.75) is 46.5 Å². The molecule has 1 aliphatic heterocycles. The van der Waals surface area contributed by atoms with E-state index in [-0.39, 0.29) is 17.6 Å². The molecule has 2 atom stereocenters. The van der Waals surface area contributed by atoms with Crippen molar-refractivity contribution in [2.75, 3.05) is 11.4 Å². The summed E-state index contributed by atoms with van der Waals surface area (Å²) >= 11 is 11.9. The zero-order chi connectivity index (χ0) is 21.7. The Hall–Kier alpha value is -1.43. The van der Waals surface area contributed by atoms with Crippen LogP contribution in [0.5, 0.6) is 0 Å². The molecule has 0 N–H and O–H groups in total. The number of halogens is 2. The van der Waals surface area contributed by atoms with Gasteiger partial charge in [0, 0.05) is 40.8 Å². The van der Waals surface area contributed by atoms with Gasteiger partial charge in [0.25, 0.3) is 0 Å². The Balaban J connectivity index is 1.86. The first kappa shape index (κ1) is 23.2. The van der Waals surface area contributed by atoms with Crippen molar-refractivity contribution in [2.24, 2.45) is 11.8 Å². The van der Waals surface area contributed by atoms with E-state index in [4.69, 9.17) is 11.6 Å². The van der Waals surface area contributed by atoms with Gasteiger partial charge >= 0.3 is 0 Å². The Labute approximate surface area is 197 Å². The van der Waals surface area contributed by atoms with Crippen molar-refractivity contribution in [1.29, 1.82) is 0 Å². The number of pyridine rings is 1. The molecule has 0 spiro atoms. The highest BCUT2D eigenvalue weighted by Crippen LogP contribution is 2.36. The van der Waals surface area contributed by atoms with E-state index in [0.717, 1.165) is 56.3 Å². The second-order valence-electron chi connectivity index (χ2n) is 7.79. The molecule has 0 aromatic carbocycles. The molecule has 3 rings (SSSR count). The fraction of sp³-hybridized carbons (Fsp3) is 0.417. The molecule has 0 bridgehead atoms. The van der Waals surface area contributed by atoms with Gasteiger partial charge in [-0.05, 0) is 71.3 Å². The molecule has 2 aromatic rings. The van der Waals surface area contributed by atoms with E-state index >= 15 is 0 Å². The number of rotatable bonds is 7. The lowest BCUT2D eigenvalue weighted by molar-refractivity contribution is 0.0949. The molecule has 6 heteroatoms. The van der Waals surface area contributed by atoms with Gasteiger partial charge < -0.3 is 4.90 Å². The van der Waals surface area contributed by atoms with Crippen LogP contribution >= 0.6 is 38.9 Å². The first-order chi connectivity index (χ1) is 14.4. The predicted molar refractivity (Wildman–Crippen MR) is 131 cm³/mol. The van der Waals surface area contributed by atoms with Crippen LogP contribution in [0.2, 0.25) is 0 Å². The van der Waals surface area contributed by atoms with Crippen LogP contribution in [0.1, 0.15) is 54.8 Å². The molecule has 30 heavy (non-hydrogen) atoms. The number of allylic oxidation sites excluding steroid dienone is 3. The fourth-order valence-electron chi connectivity index (χ4n) is 3.96. The molecule has 0 amide bonds. The maximum Gasteiger partial charge on any atom is 0.164 e. The Morgan fingerprint density at radius 1 is 1.43 bits per heavy atom. The average molecular weight is 508 g/mol. The molecule has 3 heterocycles. The molecule has 0 fully saturated rings. The smallest absolute Gasteiger partial charge is 0.164 e. The van der Waals surface area contributed by atoms with Gasteiger partial charge in [-0.1, -0.05) is 37.9 Å². The van der Waals surface area contributed by atoms with E-state index in [0.29, 0.717) is 6.42 Å². The van der Waals surface area contributed by atoms with Gasteiger partial charge in [-0.15, -0.1) is 11.3 Å². The van der Waals surface area contributed by atoms with Crippen LogP contribution in [0.25, 0.3) is 0 Å². The van der Waals surface area contributed by atoms with Crippen molar-refractivity contribution in [1.82, 2.24) is 4.98 Å². The highest BCUT2D eigenvalue weighted by atomic mass is 79.9. The summed E-state index contributed by atoms with van der Waals surface area (Å²) < 4.78 is 1.00. The Morgan fingerprint density at radius 2 is 2.23 bits per heavy atom. The summed E-state index contributed by atoms with van der Waals surface area (Å²) in [7, 11) is 0. The van der Waals surface area contributed by atoms with Crippen LogP contribution in [-0.2, 0) is 0 Å². The number of nitrogens with zero attached hydrogens (tertiary/aromatic N) is 2.